The van der Waals surface area contributed by atoms with Crippen LogP contribution in [0, 0.1) is 10.1 Å². The Bertz CT molecular complexity index is 476. The number of hydrogen-bond donors (Lipinski definition) is 1. The molecule has 0 bridgehead atoms. The summed E-state index contributed by atoms with van der Waals surface area (Å²) in [6, 6.07) is 0. The molecule has 1 atom stereocenters. The van der Waals surface area contributed by atoms with Crippen molar-refractivity contribution in [1.82, 2.24) is 0 Å². The van der Waals surface area contributed by atoms with Gasteiger partial charge in [-0.15, -0.1) is 0 Å². The molecular formula is C6H3N5O4. The summed E-state index contributed by atoms with van der Waals surface area (Å²) in [5.74, 6) is -2.21. The minimum Gasteiger partial charge on any atom is -0.475 e. The quantitative estimate of drug-likeness (QED) is 0.460. The van der Waals surface area contributed by atoms with Crippen molar-refractivity contribution in [2.75, 3.05) is 0 Å². The van der Waals surface area contributed by atoms with E-state index in [9.17, 15) is 14.9 Å². The molecule has 15 heavy (non-hydrogen) atoms. The largest absolute Gasteiger partial charge is 0.475 e. The SMILES string of the molecule is O=C(O)C1=NC2=NC=NC2([N+](=O)[O-])C=N1. The van der Waals surface area contributed by atoms with Gasteiger partial charge in [0.05, 0.1) is 4.92 Å². The van der Waals surface area contributed by atoms with Crippen LogP contribution in [0.4, 0.5) is 0 Å². The predicted octanol–water partition coefficient (Wildman–Crippen LogP) is -1.03. The molecule has 0 saturated carbocycles. The molecule has 1 unspecified atom stereocenters. The van der Waals surface area contributed by atoms with Crippen LogP contribution in [0.2, 0.25) is 0 Å². The van der Waals surface area contributed by atoms with Gasteiger partial charge in [0.25, 0.3) is 0 Å². The van der Waals surface area contributed by atoms with Gasteiger partial charge >= 0.3 is 11.6 Å². The number of aliphatic imine (C=N–C) groups is 4. The Morgan fingerprint density at radius 2 is 2.33 bits per heavy atom. The Hall–Kier alpha value is -2.45. The maximum absolute atomic E-state index is 10.7. The van der Waals surface area contributed by atoms with E-state index in [1.54, 1.807) is 0 Å². The Labute approximate surface area is 81.7 Å². The van der Waals surface area contributed by atoms with Crippen molar-refractivity contribution in [2.45, 2.75) is 5.66 Å². The molecule has 76 valence electrons. The van der Waals surface area contributed by atoms with E-state index in [2.05, 4.69) is 20.0 Å². The van der Waals surface area contributed by atoms with Gasteiger partial charge in [-0.1, -0.05) is 0 Å². The highest BCUT2D eigenvalue weighted by atomic mass is 16.6. The van der Waals surface area contributed by atoms with E-state index in [0.29, 0.717) is 0 Å². The summed E-state index contributed by atoms with van der Waals surface area (Å²) in [6.45, 7) is 0. The fourth-order valence-electron chi connectivity index (χ4n) is 1.09. The lowest BCUT2D eigenvalue weighted by Crippen LogP contribution is -2.46. The first kappa shape index (κ1) is 9.12. The Morgan fingerprint density at radius 3 is 2.93 bits per heavy atom. The summed E-state index contributed by atoms with van der Waals surface area (Å²) in [4.78, 5) is 34.3. The first-order chi connectivity index (χ1) is 7.06. The highest BCUT2D eigenvalue weighted by molar-refractivity contribution is 6.41. The molecule has 2 rings (SSSR count). The Kier molecular flexibility index (Phi) is 1.68. The van der Waals surface area contributed by atoms with Crippen molar-refractivity contribution < 1.29 is 14.8 Å². The van der Waals surface area contributed by atoms with Gasteiger partial charge in [-0.3, -0.25) is 10.1 Å². The molecule has 0 aliphatic carbocycles. The zero-order valence-electron chi connectivity index (χ0n) is 7.06. The molecule has 0 aromatic carbocycles. The predicted molar refractivity (Wildman–Crippen MR) is 49.2 cm³/mol. The van der Waals surface area contributed by atoms with Gasteiger partial charge in [-0.2, -0.15) is 9.98 Å². The van der Waals surface area contributed by atoms with Crippen LogP contribution in [0.25, 0.3) is 0 Å². The third kappa shape index (κ3) is 1.13. The molecule has 0 amide bonds. The van der Waals surface area contributed by atoms with Crippen LogP contribution in [-0.2, 0) is 4.79 Å². The van der Waals surface area contributed by atoms with Crippen LogP contribution in [0.5, 0.6) is 0 Å². The van der Waals surface area contributed by atoms with E-state index in [1.165, 1.54) is 0 Å². The van der Waals surface area contributed by atoms with Gasteiger partial charge in [0, 0.05) is 0 Å². The lowest BCUT2D eigenvalue weighted by molar-refractivity contribution is -0.522. The van der Waals surface area contributed by atoms with Crippen LogP contribution in [0.1, 0.15) is 0 Å². The average Bonchev–Trinajstić information content (AvgIpc) is 2.60. The first-order valence-electron chi connectivity index (χ1n) is 3.70. The molecule has 0 spiro atoms. The third-order valence-electron chi connectivity index (χ3n) is 1.81. The van der Waals surface area contributed by atoms with Crippen molar-refractivity contribution in [3.63, 3.8) is 0 Å². The Morgan fingerprint density at radius 1 is 1.60 bits per heavy atom. The number of amidine groups is 2. The molecule has 2 aliphatic rings. The maximum atomic E-state index is 10.7. The number of nitro groups is 1. The monoisotopic (exact) mass is 209 g/mol. The van der Waals surface area contributed by atoms with E-state index in [-0.39, 0.29) is 5.84 Å². The number of nitrogens with zero attached hydrogens (tertiary/aromatic N) is 5. The summed E-state index contributed by atoms with van der Waals surface area (Å²) in [5, 5.41) is 19.3. The lowest BCUT2D eigenvalue weighted by atomic mass is 10.2. The van der Waals surface area contributed by atoms with Crippen molar-refractivity contribution >= 4 is 30.2 Å². The number of aliphatic carboxylic acids is 1. The second kappa shape index (κ2) is 2.77. The molecule has 0 aromatic rings. The molecule has 2 aliphatic heterocycles. The minimum atomic E-state index is -1.95. The fraction of sp³-hybridized carbons (Fsp3) is 0.167. The molecule has 0 fully saturated rings. The molecule has 0 saturated heterocycles. The van der Waals surface area contributed by atoms with E-state index in [4.69, 9.17) is 5.11 Å². The van der Waals surface area contributed by atoms with Crippen molar-refractivity contribution in [1.29, 1.82) is 0 Å². The standard InChI is InChI=1S/C6H3N5O4/c12-4(13)3-7-1-6(11(14)15)5(10-3)8-2-9-6/h1-2H,(H,12,13). The van der Waals surface area contributed by atoms with Crippen LogP contribution >= 0.6 is 0 Å². The average molecular weight is 209 g/mol. The maximum Gasteiger partial charge on any atom is 0.410 e. The highest BCUT2D eigenvalue weighted by Gasteiger charge is 2.52. The first-order valence-corrected chi connectivity index (χ1v) is 3.70. The zero-order chi connectivity index (χ0) is 11.1. The van der Waals surface area contributed by atoms with Gasteiger partial charge in [0.2, 0.25) is 11.7 Å². The molecule has 0 aromatic heterocycles. The smallest absolute Gasteiger partial charge is 0.410 e. The van der Waals surface area contributed by atoms with E-state index < -0.39 is 22.4 Å². The minimum absolute atomic E-state index is 0.292. The number of carboxylic acid groups (broad SMARTS) is 1. The summed E-state index contributed by atoms with van der Waals surface area (Å²) >= 11 is 0. The number of rotatable bonds is 2. The van der Waals surface area contributed by atoms with Gasteiger partial charge < -0.3 is 5.11 Å². The molecule has 2 heterocycles. The second-order valence-corrected chi connectivity index (χ2v) is 2.68. The molecule has 9 nitrogen and oxygen atoms in total. The van der Waals surface area contributed by atoms with Gasteiger partial charge in [0.15, 0.2) is 0 Å². The number of carbonyl (C=O) groups is 1. The van der Waals surface area contributed by atoms with Gasteiger partial charge in [-0.05, 0) is 0 Å². The van der Waals surface area contributed by atoms with Crippen LogP contribution in [0.15, 0.2) is 20.0 Å². The molecule has 1 N–H and O–H groups in total. The van der Waals surface area contributed by atoms with Gasteiger partial charge in [-0.25, -0.2) is 14.8 Å². The van der Waals surface area contributed by atoms with Crippen molar-refractivity contribution in [3.8, 4) is 0 Å². The molecular weight excluding hydrogens is 206 g/mol. The van der Waals surface area contributed by atoms with E-state index in [0.717, 1.165) is 12.6 Å². The van der Waals surface area contributed by atoms with E-state index >= 15 is 0 Å². The second-order valence-electron chi connectivity index (χ2n) is 2.68. The van der Waals surface area contributed by atoms with Crippen LogP contribution < -0.4 is 0 Å². The molecule has 9 heteroatoms. The number of carboxylic acids is 1. The zero-order valence-corrected chi connectivity index (χ0v) is 7.06. The van der Waals surface area contributed by atoms with Crippen LogP contribution in [0.3, 0.4) is 0 Å². The number of fused-ring (bicyclic) bond motifs is 1. The third-order valence-corrected chi connectivity index (χ3v) is 1.81. The van der Waals surface area contributed by atoms with Crippen LogP contribution in [-0.4, -0.2) is 45.9 Å². The van der Waals surface area contributed by atoms with Crippen molar-refractivity contribution in [3.05, 3.63) is 10.1 Å². The Balaban J connectivity index is 2.48. The van der Waals surface area contributed by atoms with Gasteiger partial charge in [0.1, 0.15) is 12.6 Å². The fourth-order valence-corrected chi connectivity index (χ4v) is 1.09. The number of hydrogen-bond acceptors (Lipinski definition) is 7. The lowest BCUT2D eigenvalue weighted by Gasteiger charge is -2.14. The van der Waals surface area contributed by atoms with E-state index in [1.807, 2.05) is 0 Å². The van der Waals surface area contributed by atoms with Crippen molar-refractivity contribution in [2.24, 2.45) is 20.0 Å². The summed E-state index contributed by atoms with van der Waals surface area (Å²) < 4.78 is 0. The normalized spacial score (nSPS) is 26.9. The molecule has 0 radical (unpaired) electrons. The topological polar surface area (TPSA) is 130 Å². The summed E-state index contributed by atoms with van der Waals surface area (Å²) in [6.07, 6.45) is 1.77. The highest BCUT2D eigenvalue weighted by Crippen LogP contribution is 2.20. The summed E-state index contributed by atoms with van der Waals surface area (Å²) in [7, 11) is 0. The summed E-state index contributed by atoms with van der Waals surface area (Å²) in [5.41, 5.74) is -1.95.